The maximum Gasteiger partial charge on any atom is 0.258 e. The van der Waals surface area contributed by atoms with Crippen molar-refractivity contribution in [3.8, 4) is 5.75 Å². The van der Waals surface area contributed by atoms with Crippen LogP contribution in [0.3, 0.4) is 0 Å². The van der Waals surface area contributed by atoms with Crippen LogP contribution in [-0.4, -0.2) is 52.6 Å². The van der Waals surface area contributed by atoms with Crippen molar-refractivity contribution < 1.29 is 19.0 Å². The van der Waals surface area contributed by atoms with Crippen molar-refractivity contribution >= 4 is 28.9 Å². The van der Waals surface area contributed by atoms with E-state index in [1.807, 2.05) is 6.92 Å². The summed E-state index contributed by atoms with van der Waals surface area (Å²) in [6, 6.07) is 3.76. The molecule has 1 unspecified atom stereocenters. The molecule has 4 rings (SSSR count). The Morgan fingerprint density at radius 1 is 1.35 bits per heavy atom. The third kappa shape index (κ3) is 4.22. The number of benzene rings is 1. The highest BCUT2D eigenvalue weighted by molar-refractivity contribution is 6.43. The number of nitrogens with one attached hydrogen (secondary N) is 2. The first kappa shape index (κ1) is 21.5. The fourth-order valence-corrected chi connectivity index (χ4v) is 4.12. The number of ether oxygens (including phenoxy) is 1. The number of carbonyl (C=O) groups is 1. The van der Waals surface area contributed by atoms with Crippen molar-refractivity contribution in [2.24, 2.45) is 4.99 Å². The largest absolute Gasteiger partial charge is 0.487 e. The second-order valence-corrected chi connectivity index (χ2v) is 8.40. The molecule has 9 heteroatoms. The lowest BCUT2D eigenvalue weighted by Crippen LogP contribution is -2.31. The molecular weight excluding hydrogens is 423 g/mol. The van der Waals surface area contributed by atoms with Crippen molar-refractivity contribution in [1.29, 1.82) is 5.41 Å². The minimum Gasteiger partial charge on any atom is -0.487 e. The molecule has 2 aliphatic heterocycles. The van der Waals surface area contributed by atoms with E-state index >= 15 is 0 Å². The van der Waals surface area contributed by atoms with Crippen molar-refractivity contribution in [3.63, 3.8) is 0 Å². The molecule has 1 aromatic carbocycles. The van der Waals surface area contributed by atoms with E-state index in [1.165, 1.54) is 23.1 Å². The van der Waals surface area contributed by atoms with E-state index in [2.05, 4.69) is 10.3 Å². The van der Waals surface area contributed by atoms with Gasteiger partial charge in [0, 0.05) is 17.3 Å². The minimum atomic E-state index is -0.635. The molecule has 2 atom stereocenters. The quantitative estimate of drug-likeness (QED) is 0.663. The van der Waals surface area contributed by atoms with E-state index in [9.17, 15) is 14.3 Å². The van der Waals surface area contributed by atoms with E-state index < -0.39 is 18.0 Å². The molecule has 2 heterocycles. The van der Waals surface area contributed by atoms with Crippen molar-refractivity contribution in [2.75, 3.05) is 13.1 Å². The van der Waals surface area contributed by atoms with Gasteiger partial charge in [-0.15, -0.1) is 0 Å². The highest BCUT2D eigenvalue weighted by atomic mass is 35.5. The molecule has 7 nitrogen and oxygen atoms in total. The van der Waals surface area contributed by atoms with Gasteiger partial charge in [-0.2, -0.15) is 0 Å². The smallest absolute Gasteiger partial charge is 0.258 e. The molecule has 2 fully saturated rings. The third-order valence-corrected chi connectivity index (χ3v) is 6.29. The SMILES string of the molecule is CC1=N/C(=C2\CN(C(=O)c3ccc(F)cc3OC3CCC[C@@H]3O)CC2=N)NC(C)=C1Cl. The number of amides is 1. The lowest BCUT2D eigenvalue weighted by Gasteiger charge is -2.22. The van der Waals surface area contributed by atoms with Crippen LogP contribution in [0.1, 0.15) is 43.5 Å². The van der Waals surface area contributed by atoms with Gasteiger partial charge in [-0.1, -0.05) is 11.6 Å². The predicted molar refractivity (Wildman–Crippen MR) is 116 cm³/mol. The summed E-state index contributed by atoms with van der Waals surface area (Å²) in [6.45, 7) is 3.90. The monoisotopic (exact) mass is 446 g/mol. The summed E-state index contributed by atoms with van der Waals surface area (Å²) in [4.78, 5) is 19.2. The van der Waals surface area contributed by atoms with Gasteiger partial charge in [0.25, 0.3) is 5.91 Å². The van der Waals surface area contributed by atoms with Gasteiger partial charge in [0.2, 0.25) is 0 Å². The average Bonchev–Trinajstić information content (AvgIpc) is 3.31. The Morgan fingerprint density at radius 3 is 2.81 bits per heavy atom. The van der Waals surface area contributed by atoms with Crippen LogP contribution in [0, 0.1) is 11.2 Å². The van der Waals surface area contributed by atoms with Crippen LogP contribution in [0.5, 0.6) is 5.75 Å². The Bertz CT molecular complexity index is 1050. The van der Waals surface area contributed by atoms with E-state index in [0.717, 1.165) is 12.1 Å². The van der Waals surface area contributed by atoms with Gasteiger partial charge in [-0.3, -0.25) is 4.79 Å². The fourth-order valence-electron chi connectivity index (χ4n) is 4.03. The molecular formula is C22H24ClFN4O3. The molecule has 0 aromatic heterocycles. The lowest BCUT2D eigenvalue weighted by molar-refractivity contribution is 0.0578. The van der Waals surface area contributed by atoms with Gasteiger partial charge in [-0.05, 0) is 45.2 Å². The van der Waals surface area contributed by atoms with Crippen LogP contribution in [-0.2, 0) is 0 Å². The summed E-state index contributed by atoms with van der Waals surface area (Å²) < 4.78 is 19.7. The zero-order valence-electron chi connectivity index (χ0n) is 17.3. The zero-order chi connectivity index (χ0) is 22.3. The van der Waals surface area contributed by atoms with Gasteiger partial charge < -0.3 is 25.5 Å². The second kappa shape index (κ2) is 8.43. The summed E-state index contributed by atoms with van der Waals surface area (Å²) in [7, 11) is 0. The molecule has 164 valence electrons. The van der Waals surface area contributed by atoms with Crippen molar-refractivity contribution in [2.45, 2.75) is 45.3 Å². The van der Waals surface area contributed by atoms with Crippen LogP contribution in [0.15, 0.2) is 45.3 Å². The van der Waals surface area contributed by atoms with Crippen LogP contribution in [0.25, 0.3) is 0 Å². The van der Waals surface area contributed by atoms with Gasteiger partial charge in [0.1, 0.15) is 23.5 Å². The molecule has 3 aliphatic rings. The Hall–Kier alpha value is -2.71. The number of likely N-dealkylation sites (tertiary alicyclic amines) is 1. The van der Waals surface area contributed by atoms with E-state index in [4.69, 9.17) is 21.7 Å². The minimum absolute atomic E-state index is 0.104. The highest BCUT2D eigenvalue weighted by Gasteiger charge is 2.33. The summed E-state index contributed by atoms with van der Waals surface area (Å²) >= 11 is 6.18. The fraction of sp³-hybridized carbons (Fsp3) is 0.409. The zero-order valence-corrected chi connectivity index (χ0v) is 18.1. The van der Waals surface area contributed by atoms with Crippen molar-refractivity contribution in [1.82, 2.24) is 10.2 Å². The number of aliphatic imine (C=N–C) groups is 1. The van der Waals surface area contributed by atoms with Crippen molar-refractivity contribution in [3.05, 3.63) is 51.7 Å². The average molecular weight is 447 g/mol. The molecule has 31 heavy (non-hydrogen) atoms. The number of nitrogens with zero attached hydrogens (tertiary/aromatic N) is 2. The molecule has 1 aliphatic carbocycles. The van der Waals surface area contributed by atoms with Crippen LogP contribution in [0.4, 0.5) is 4.39 Å². The van der Waals surface area contributed by atoms with E-state index in [0.29, 0.717) is 35.0 Å². The van der Waals surface area contributed by atoms with Crippen LogP contribution in [0.2, 0.25) is 0 Å². The second-order valence-electron chi connectivity index (χ2n) is 8.02. The summed E-state index contributed by atoms with van der Waals surface area (Å²) in [5, 5.41) is 22.1. The van der Waals surface area contributed by atoms with Gasteiger partial charge in [0.05, 0.1) is 41.2 Å². The Labute approximate surface area is 184 Å². The van der Waals surface area contributed by atoms with Gasteiger partial charge in [0.15, 0.2) is 0 Å². The number of hydrogen-bond donors (Lipinski definition) is 3. The normalized spacial score (nSPS) is 26.3. The Morgan fingerprint density at radius 2 is 2.13 bits per heavy atom. The highest BCUT2D eigenvalue weighted by Crippen LogP contribution is 2.30. The van der Waals surface area contributed by atoms with E-state index in [-0.39, 0.29) is 36.0 Å². The Balaban J connectivity index is 1.59. The van der Waals surface area contributed by atoms with Crippen LogP contribution < -0.4 is 10.1 Å². The number of aliphatic hydroxyl groups is 1. The maximum absolute atomic E-state index is 13.9. The molecule has 0 bridgehead atoms. The Kier molecular flexibility index (Phi) is 5.85. The van der Waals surface area contributed by atoms with Gasteiger partial charge in [-0.25, -0.2) is 9.38 Å². The summed E-state index contributed by atoms with van der Waals surface area (Å²) in [6.07, 6.45) is 0.980. The molecule has 3 N–H and O–H groups in total. The lowest BCUT2D eigenvalue weighted by atomic mass is 10.1. The number of halogens is 2. The molecule has 0 spiro atoms. The number of allylic oxidation sites excluding steroid dienone is 2. The number of carbonyl (C=O) groups excluding carboxylic acids is 1. The molecule has 1 saturated carbocycles. The number of hydrogen-bond acceptors (Lipinski definition) is 6. The number of aliphatic hydroxyl groups excluding tert-OH is 1. The molecule has 1 amide bonds. The number of rotatable bonds is 3. The predicted octanol–water partition coefficient (Wildman–Crippen LogP) is 3.34. The molecule has 1 aromatic rings. The first-order chi connectivity index (χ1) is 14.7. The molecule has 0 radical (unpaired) electrons. The summed E-state index contributed by atoms with van der Waals surface area (Å²) in [5.41, 5.74) is 2.46. The van der Waals surface area contributed by atoms with Crippen LogP contribution >= 0.6 is 11.6 Å². The third-order valence-electron chi connectivity index (χ3n) is 5.74. The molecule has 1 saturated heterocycles. The first-order valence-corrected chi connectivity index (χ1v) is 10.6. The van der Waals surface area contributed by atoms with Gasteiger partial charge >= 0.3 is 0 Å². The summed E-state index contributed by atoms with van der Waals surface area (Å²) in [5.74, 6) is -0.279. The maximum atomic E-state index is 13.9. The van der Waals surface area contributed by atoms with E-state index in [1.54, 1.807) is 6.92 Å². The standard InChI is InChI=1S/C22H24ClFN4O3/c1-11-20(23)12(2)27-21(26-11)15-9-28(10-16(15)25)22(30)14-7-6-13(24)8-19(14)31-18-5-3-4-17(18)29/h6-8,17-18,25-26,29H,3-5,9-10H2,1-2H3/b21-15+,25-16?/t17-,18?/m0/s1. The first-order valence-electron chi connectivity index (χ1n) is 10.2. The topological polar surface area (TPSA) is 98.0 Å².